The summed E-state index contributed by atoms with van der Waals surface area (Å²) in [5, 5.41) is 8.41. The lowest BCUT2D eigenvalue weighted by Gasteiger charge is -2.08. The van der Waals surface area contributed by atoms with E-state index in [9.17, 15) is 0 Å². The van der Waals surface area contributed by atoms with E-state index >= 15 is 0 Å². The topological polar surface area (TPSA) is 48.7 Å². The predicted molar refractivity (Wildman–Crippen MR) is 62.2 cm³/mol. The molecule has 5 heteroatoms. The minimum absolute atomic E-state index is 0.548. The number of pyridine rings is 1. The molecule has 1 atom stereocenters. The molecule has 0 aliphatic carbocycles. The molecule has 2 aromatic rings. The van der Waals surface area contributed by atoms with Crippen LogP contribution in [-0.4, -0.2) is 34.9 Å². The highest BCUT2D eigenvalue weighted by atomic mass is 16.5. The van der Waals surface area contributed by atoms with Gasteiger partial charge in [0.05, 0.1) is 7.11 Å². The van der Waals surface area contributed by atoms with Gasteiger partial charge >= 0.3 is 0 Å². The van der Waals surface area contributed by atoms with E-state index in [1.807, 2.05) is 22.6 Å². The maximum absolute atomic E-state index is 5.39. The summed E-state index contributed by atoms with van der Waals surface area (Å²) in [6.45, 7) is 1.68. The second kappa shape index (κ2) is 4.33. The minimum atomic E-state index is 0.548. The number of methoxy groups -OCH3 is 1. The van der Waals surface area contributed by atoms with Gasteiger partial charge in [0, 0.05) is 19.6 Å². The Balaban J connectivity index is 1.98. The predicted octanol–water partition coefficient (Wildman–Crippen LogP) is 1.32. The lowest BCUT2D eigenvalue weighted by atomic mass is 10.1. The van der Waals surface area contributed by atoms with Crippen molar-refractivity contribution in [3.05, 3.63) is 24.0 Å². The van der Waals surface area contributed by atoms with Crippen LogP contribution in [0.4, 0.5) is 0 Å². The summed E-state index contributed by atoms with van der Waals surface area (Å²) < 4.78 is 12.7. The Morgan fingerprint density at radius 2 is 2.41 bits per heavy atom. The number of fused-ring (bicyclic) bond motifs is 1. The summed E-state index contributed by atoms with van der Waals surface area (Å²) in [5.41, 5.74) is 0.832. The summed E-state index contributed by atoms with van der Waals surface area (Å²) in [4.78, 5) is 0. The lowest BCUT2D eigenvalue weighted by Crippen LogP contribution is -2.08. The second-order valence-electron chi connectivity index (χ2n) is 4.31. The summed E-state index contributed by atoms with van der Waals surface area (Å²) in [7, 11) is 1.66. The smallest absolute Gasteiger partial charge is 0.200 e. The molecule has 90 valence electrons. The molecule has 0 amide bonds. The van der Waals surface area contributed by atoms with Gasteiger partial charge in [0.2, 0.25) is 5.88 Å². The number of hydrogen-bond acceptors (Lipinski definition) is 4. The molecule has 3 rings (SSSR count). The highest BCUT2D eigenvalue weighted by Crippen LogP contribution is 2.21. The molecule has 1 fully saturated rings. The van der Waals surface area contributed by atoms with Crippen molar-refractivity contribution in [2.75, 3.05) is 20.3 Å². The maximum Gasteiger partial charge on any atom is 0.200 e. The largest absolute Gasteiger partial charge is 0.482 e. The molecule has 0 aromatic carbocycles. The first-order valence-electron chi connectivity index (χ1n) is 5.83. The first-order valence-corrected chi connectivity index (χ1v) is 5.83. The fourth-order valence-corrected chi connectivity index (χ4v) is 2.26. The Morgan fingerprint density at radius 3 is 3.18 bits per heavy atom. The maximum atomic E-state index is 5.39. The van der Waals surface area contributed by atoms with Crippen LogP contribution in [0.1, 0.15) is 12.2 Å². The molecule has 0 radical (unpaired) electrons. The number of rotatable bonds is 3. The Bertz CT molecular complexity index is 517. The fraction of sp³-hybridized carbons (Fsp3) is 0.500. The Kier molecular flexibility index (Phi) is 2.68. The van der Waals surface area contributed by atoms with Crippen molar-refractivity contribution in [1.82, 2.24) is 14.6 Å². The zero-order valence-corrected chi connectivity index (χ0v) is 9.80. The van der Waals surface area contributed by atoms with Gasteiger partial charge in [-0.3, -0.25) is 0 Å². The monoisotopic (exact) mass is 233 g/mol. The number of hydrogen-bond donors (Lipinski definition) is 0. The van der Waals surface area contributed by atoms with Crippen LogP contribution in [0.5, 0.6) is 5.88 Å². The van der Waals surface area contributed by atoms with Crippen molar-refractivity contribution in [2.24, 2.45) is 5.92 Å². The molecule has 1 aliphatic heterocycles. The van der Waals surface area contributed by atoms with Gasteiger partial charge in [0.25, 0.3) is 0 Å². The van der Waals surface area contributed by atoms with Gasteiger partial charge in [-0.2, -0.15) is 0 Å². The third kappa shape index (κ3) is 1.86. The molecule has 0 spiro atoms. The molecule has 1 aliphatic rings. The zero-order chi connectivity index (χ0) is 11.7. The molecular formula is C12H15N3O2. The van der Waals surface area contributed by atoms with Gasteiger partial charge in [0.15, 0.2) is 5.65 Å². The average molecular weight is 233 g/mol. The van der Waals surface area contributed by atoms with Crippen molar-refractivity contribution >= 4 is 5.65 Å². The molecule has 17 heavy (non-hydrogen) atoms. The van der Waals surface area contributed by atoms with Crippen molar-refractivity contribution in [1.29, 1.82) is 0 Å². The number of nitrogens with zero attached hydrogens (tertiary/aromatic N) is 3. The molecule has 0 bridgehead atoms. The van der Waals surface area contributed by atoms with Gasteiger partial charge in [0.1, 0.15) is 5.82 Å². The second-order valence-corrected chi connectivity index (χ2v) is 4.31. The van der Waals surface area contributed by atoms with Crippen LogP contribution in [0, 0.1) is 5.92 Å². The standard InChI is InChI=1S/C12H15N3O2/c1-16-12-4-2-3-10-13-14-11(15(10)12)7-9-5-6-17-8-9/h2-4,9H,5-8H2,1H3. The Morgan fingerprint density at radius 1 is 1.47 bits per heavy atom. The normalized spacial score (nSPS) is 19.9. The Hall–Kier alpha value is -1.62. The summed E-state index contributed by atoms with van der Waals surface area (Å²) >= 11 is 0. The van der Waals surface area contributed by atoms with E-state index in [0.29, 0.717) is 5.92 Å². The van der Waals surface area contributed by atoms with Crippen LogP contribution < -0.4 is 4.74 Å². The fourth-order valence-electron chi connectivity index (χ4n) is 2.26. The molecular weight excluding hydrogens is 218 g/mol. The molecule has 2 aromatic heterocycles. The molecule has 1 saturated heterocycles. The van der Waals surface area contributed by atoms with Crippen LogP contribution in [0.2, 0.25) is 0 Å². The van der Waals surface area contributed by atoms with Crippen LogP contribution in [0.25, 0.3) is 5.65 Å². The van der Waals surface area contributed by atoms with Gasteiger partial charge in [-0.25, -0.2) is 4.40 Å². The number of aromatic nitrogens is 3. The number of ether oxygens (including phenoxy) is 2. The van der Waals surface area contributed by atoms with Gasteiger partial charge in [-0.15, -0.1) is 10.2 Å². The molecule has 5 nitrogen and oxygen atoms in total. The molecule has 0 N–H and O–H groups in total. The van der Waals surface area contributed by atoms with Crippen LogP contribution in [0.15, 0.2) is 18.2 Å². The first-order chi connectivity index (χ1) is 8.38. The zero-order valence-electron chi connectivity index (χ0n) is 9.80. The van der Waals surface area contributed by atoms with Crippen molar-refractivity contribution in [3.63, 3.8) is 0 Å². The SMILES string of the molecule is COc1cccc2nnc(CC3CCOC3)n12. The van der Waals surface area contributed by atoms with E-state index in [1.165, 1.54) is 0 Å². The summed E-state index contributed by atoms with van der Waals surface area (Å²) in [6.07, 6.45) is 1.99. The van der Waals surface area contributed by atoms with Crippen molar-refractivity contribution < 1.29 is 9.47 Å². The molecule has 0 saturated carbocycles. The highest BCUT2D eigenvalue weighted by Gasteiger charge is 2.19. The summed E-state index contributed by atoms with van der Waals surface area (Å²) in [6, 6.07) is 5.78. The Labute approximate surface area is 99.4 Å². The lowest BCUT2D eigenvalue weighted by molar-refractivity contribution is 0.185. The van der Waals surface area contributed by atoms with Crippen molar-refractivity contribution in [2.45, 2.75) is 12.8 Å². The van der Waals surface area contributed by atoms with Gasteiger partial charge < -0.3 is 9.47 Å². The average Bonchev–Trinajstić information content (AvgIpc) is 2.99. The minimum Gasteiger partial charge on any atom is -0.482 e. The van der Waals surface area contributed by atoms with E-state index < -0.39 is 0 Å². The highest BCUT2D eigenvalue weighted by molar-refractivity contribution is 5.42. The van der Waals surface area contributed by atoms with E-state index in [2.05, 4.69) is 10.2 Å². The third-order valence-electron chi connectivity index (χ3n) is 3.16. The molecule has 1 unspecified atom stereocenters. The summed E-state index contributed by atoms with van der Waals surface area (Å²) in [5.74, 6) is 2.28. The van der Waals surface area contributed by atoms with E-state index in [1.54, 1.807) is 7.11 Å². The quantitative estimate of drug-likeness (QED) is 0.802. The van der Waals surface area contributed by atoms with E-state index in [4.69, 9.17) is 9.47 Å². The van der Waals surface area contributed by atoms with E-state index in [0.717, 1.165) is 43.4 Å². The van der Waals surface area contributed by atoms with Gasteiger partial charge in [-0.1, -0.05) is 6.07 Å². The van der Waals surface area contributed by atoms with Crippen LogP contribution in [-0.2, 0) is 11.2 Å². The third-order valence-corrected chi connectivity index (χ3v) is 3.16. The van der Waals surface area contributed by atoms with Gasteiger partial charge in [-0.05, 0) is 24.5 Å². The van der Waals surface area contributed by atoms with E-state index in [-0.39, 0.29) is 0 Å². The van der Waals surface area contributed by atoms with Crippen molar-refractivity contribution in [3.8, 4) is 5.88 Å². The van der Waals surface area contributed by atoms with Crippen LogP contribution in [0.3, 0.4) is 0 Å². The first kappa shape index (κ1) is 10.5. The van der Waals surface area contributed by atoms with Crippen LogP contribution >= 0.6 is 0 Å². The molecule has 3 heterocycles.